The first-order valence-corrected chi connectivity index (χ1v) is 4.97. The monoisotopic (exact) mass is 255 g/mol. The number of rotatable bonds is 2. The van der Waals surface area contributed by atoms with Crippen LogP contribution in [0.25, 0.3) is 5.69 Å². The van der Waals surface area contributed by atoms with Crippen molar-refractivity contribution in [1.29, 1.82) is 0 Å². The molecule has 4 nitrogen and oxygen atoms in total. The van der Waals surface area contributed by atoms with E-state index in [-0.39, 0.29) is 11.4 Å². The second kappa shape index (κ2) is 4.25. The fourth-order valence-electron chi connectivity index (χ4n) is 1.48. The largest absolute Gasteiger partial charge is 0.416 e. The van der Waals surface area contributed by atoms with Crippen molar-refractivity contribution in [1.82, 2.24) is 15.0 Å². The molecule has 7 heteroatoms. The van der Waals surface area contributed by atoms with Crippen molar-refractivity contribution in [3.63, 3.8) is 0 Å². The van der Waals surface area contributed by atoms with Gasteiger partial charge in [0.05, 0.1) is 17.4 Å². The van der Waals surface area contributed by atoms with E-state index in [1.807, 2.05) is 0 Å². The summed E-state index contributed by atoms with van der Waals surface area (Å²) in [6.45, 7) is 1.65. The first-order valence-electron chi connectivity index (χ1n) is 4.97. The molecule has 0 spiro atoms. The van der Waals surface area contributed by atoms with Gasteiger partial charge >= 0.3 is 6.18 Å². The van der Waals surface area contributed by atoms with Crippen molar-refractivity contribution < 1.29 is 18.0 Å². The number of aromatic nitrogens is 3. The molecule has 0 amide bonds. The molecule has 0 N–H and O–H groups in total. The van der Waals surface area contributed by atoms with E-state index in [0.29, 0.717) is 11.8 Å². The van der Waals surface area contributed by atoms with Crippen LogP contribution in [0.4, 0.5) is 13.2 Å². The second-order valence-electron chi connectivity index (χ2n) is 3.70. The molecule has 0 aliphatic heterocycles. The predicted octanol–water partition coefficient (Wildman–Crippen LogP) is 2.41. The van der Waals surface area contributed by atoms with E-state index in [1.165, 1.54) is 12.3 Å². The summed E-state index contributed by atoms with van der Waals surface area (Å²) in [5, 5.41) is 7.12. The van der Waals surface area contributed by atoms with E-state index in [1.54, 1.807) is 6.92 Å². The van der Waals surface area contributed by atoms with Crippen LogP contribution in [0.2, 0.25) is 0 Å². The summed E-state index contributed by atoms with van der Waals surface area (Å²) in [5.41, 5.74) is 0.133. The number of hydrogen-bond donors (Lipinski definition) is 0. The third kappa shape index (κ3) is 2.24. The number of aryl methyl sites for hydroxylation is 1. The fourth-order valence-corrected chi connectivity index (χ4v) is 1.48. The van der Waals surface area contributed by atoms with Crippen LogP contribution < -0.4 is 0 Å². The lowest BCUT2D eigenvalue weighted by atomic mass is 10.1. The molecule has 0 unspecified atom stereocenters. The van der Waals surface area contributed by atoms with Crippen LogP contribution in [-0.2, 0) is 6.18 Å². The molecular weight excluding hydrogens is 247 g/mol. The highest BCUT2D eigenvalue weighted by atomic mass is 19.4. The van der Waals surface area contributed by atoms with Gasteiger partial charge in [-0.05, 0) is 24.6 Å². The lowest BCUT2D eigenvalue weighted by Gasteiger charge is -2.10. The Hall–Kier alpha value is -2.18. The summed E-state index contributed by atoms with van der Waals surface area (Å²) in [6.07, 6.45) is -2.67. The van der Waals surface area contributed by atoms with Crippen molar-refractivity contribution in [2.24, 2.45) is 0 Å². The average Bonchev–Trinajstić information content (AvgIpc) is 2.76. The number of carbonyl (C=O) groups is 1. The number of hydrogen-bond acceptors (Lipinski definition) is 3. The molecule has 0 fully saturated rings. The maximum Gasteiger partial charge on any atom is 0.416 e. The number of nitrogens with zero attached hydrogens (tertiary/aromatic N) is 3. The van der Waals surface area contributed by atoms with Gasteiger partial charge in [-0.15, -0.1) is 5.10 Å². The number of aldehydes is 1. The summed E-state index contributed by atoms with van der Waals surface area (Å²) in [6, 6.07) is 3.31. The highest BCUT2D eigenvalue weighted by molar-refractivity contribution is 5.70. The van der Waals surface area contributed by atoms with Gasteiger partial charge in [0.15, 0.2) is 6.29 Å². The van der Waals surface area contributed by atoms with Gasteiger partial charge in [-0.2, -0.15) is 13.2 Å². The Morgan fingerprint density at radius 3 is 2.61 bits per heavy atom. The molecule has 94 valence electrons. The Morgan fingerprint density at radius 1 is 1.33 bits per heavy atom. The average molecular weight is 255 g/mol. The van der Waals surface area contributed by atoms with Crippen LogP contribution in [0.1, 0.15) is 21.6 Å². The van der Waals surface area contributed by atoms with Gasteiger partial charge in [0.2, 0.25) is 0 Å². The van der Waals surface area contributed by atoms with Gasteiger partial charge in [-0.1, -0.05) is 11.3 Å². The summed E-state index contributed by atoms with van der Waals surface area (Å²) in [4.78, 5) is 10.5. The van der Waals surface area contributed by atoms with E-state index in [2.05, 4.69) is 10.3 Å². The fraction of sp³-hybridized carbons (Fsp3) is 0.182. The van der Waals surface area contributed by atoms with Crippen LogP contribution >= 0.6 is 0 Å². The zero-order valence-corrected chi connectivity index (χ0v) is 9.27. The normalized spacial score (nSPS) is 11.6. The molecule has 0 atom stereocenters. The molecule has 0 bridgehead atoms. The Morgan fingerprint density at radius 2 is 2.06 bits per heavy atom. The number of carbonyl (C=O) groups excluding carboxylic acids is 1. The molecule has 0 saturated carbocycles. The van der Waals surface area contributed by atoms with E-state index < -0.39 is 11.7 Å². The van der Waals surface area contributed by atoms with E-state index in [4.69, 9.17) is 0 Å². The zero-order chi connectivity index (χ0) is 13.3. The van der Waals surface area contributed by atoms with Gasteiger partial charge < -0.3 is 0 Å². The lowest BCUT2D eigenvalue weighted by Crippen LogP contribution is -2.07. The summed E-state index contributed by atoms with van der Waals surface area (Å²) >= 11 is 0. The standard InChI is InChI=1S/C11H8F3N3O/c1-7-2-3-8(11(12,13)14)4-10(7)17-5-9(6-18)15-16-17/h2-6H,1H3. The van der Waals surface area contributed by atoms with Crippen molar-refractivity contribution >= 4 is 6.29 Å². The Kier molecular flexibility index (Phi) is 2.90. The summed E-state index contributed by atoms with van der Waals surface area (Å²) in [5.74, 6) is 0. The maximum absolute atomic E-state index is 12.6. The summed E-state index contributed by atoms with van der Waals surface area (Å²) in [7, 11) is 0. The highest BCUT2D eigenvalue weighted by Crippen LogP contribution is 2.31. The number of alkyl halides is 3. The van der Waals surface area contributed by atoms with Crippen molar-refractivity contribution in [2.45, 2.75) is 13.1 Å². The van der Waals surface area contributed by atoms with Crippen LogP contribution in [0.15, 0.2) is 24.4 Å². The first-order chi connectivity index (χ1) is 8.41. The Bertz CT molecular complexity index is 589. The third-order valence-electron chi connectivity index (χ3n) is 2.42. The molecule has 1 aromatic carbocycles. The zero-order valence-electron chi connectivity index (χ0n) is 9.27. The molecular formula is C11H8F3N3O. The van der Waals surface area contributed by atoms with E-state index in [9.17, 15) is 18.0 Å². The van der Waals surface area contributed by atoms with Crippen LogP contribution in [0.5, 0.6) is 0 Å². The first kappa shape index (κ1) is 12.3. The minimum Gasteiger partial charge on any atom is -0.296 e. The second-order valence-corrected chi connectivity index (χ2v) is 3.70. The molecule has 0 saturated heterocycles. The third-order valence-corrected chi connectivity index (χ3v) is 2.42. The summed E-state index contributed by atoms with van der Waals surface area (Å²) < 4.78 is 38.9. The van der Waals surface area contributed by atoms with Crippen LogP contribution in [-0.4, -0.2) is 21.3 Å². The van der Waals surface area contributed by atoms with Crippen molar-refractivity contribution in [3.8, 4) is 5.69 Å². The quantitative estimate of drug-likeness (QED) is 0.774. The molecule has 18 heavy (non-hydrogen) atoms. The molecule has 0 radical (unpaired) electrons. The van der Waals surface area contributed by atoms with Crippen LogP contribution in [0.3, 0.4) is 0 Å². The Labute approximate surface area is 100 Å². The predicted molar refractivity (Wildman–Crippen MR) is 56.5 cm³/mol. The van der Waals surface area contributed by atoms with Gasteiger partial charge in [-0.3, -0.25) is 4.79 Å². The van der Waals surface area contributed by atoms with Gasteiger partial charge in [0.25, 0.3) is 0 Å². The SMILES string of the molecule is Cc1ccc(C(F)(F)F)cc1-n1cc(C=O)nn1. The highest BCUT2D eigenvalue weighted by Gasteiger charge is 2.31. The molecule has 0 aliphatic carbocycles. The van der Waals surface area contributed by atoms with Gasteiger partial charge in [0, 0.05) is 0 Å². The van der Waals surface area contributed by atoms with Gasteiger partial charge in [0.1, 0.15) is 5.69 Å². The number of benzene rings is 1. The lowest BCUT2D eigenvalue weighted by molar-refractivity contribution is -0.137. The molecule has 1 aromatic heterocycles. The topological polar surface area (TPSA) is 47.8 Å². The van der Waals surface area contributed by atoms with E-state index in [0.717, 1.165) is 16.8 Å². The molecule has 1 heterocycles. The smallest absolute Gasteiger partial charge is 0.296 e. The van der Waals surface area contributed by atoms with Crippen LogP contribution in [0, 0.1) is 6.92 Å². The Balaban J connectivity index is 2.52. The van der Waals surface area contributed by atoms with Gasteiger partial charge in [-0.25, -0.2) is 4.68 Å². The van der Waals surface area contributed by atoms with Crippen molar-refractivity contribution in [2.75, 3.05) is 0 Å². The van der Waals surface area contributed by atoms with E-state index >= 15 is 0 Å². The maximum atomic E-state index is 12.6. The minimum atomic E-state index is -4.42. The molecule has 2 aromatic rings. The number of halogens is 3. The minimum absolute atomic E-state index is 0.0619. The molecule has 2 rings (SSSR count). The molecule has 0 aliphatic rings. The van der Waals surface area contributed by atoms with Crippen molar-refractivity contribution in [3.05, 3.63) is 41.2 Å².